The van der Waals surface area contributed by atoms with Gasteiger partial charge in [0.1, 0.15) is 0 Å². The van der Waals surface area contributed by atoms with Crippen molar-refractivity contribution in [3.63, 3.8) is 0 Å². The summed E-state index contributed by atoms with van der Waals surface area (Å²) in [5.74, 6) is 0. The third-order valence-electron chi connectivity index (χ3n) is 3.62. The molecule has 0 atom stereocenters. The summed E-state index contributed by atoms with van der Waals surface area (Å²) in [5, 5.41) is 0. The van der Waals surface area contributed by atoms with E-state index in [1.807, 2.05) is 26.8 Å². The van der Waals surface area contributed by atoms with Gasteiger partial charge in [-0.2, -0.15) is 0 Å². The van der Waals surface area contributed by atoms with Crippen molar-refractivity contribution >= 4 is 23.4 Å². The van der Waals surface area contributed by atoms with E-state index in [0.29, 0.717) is 0 Å². The Hall–Kier alpha value is -1.67. The van der Waals surface area contributed by atoms with Crippen LogP contribution in [0.4, 0.5) is 0 Å². The van der Waals surface area contributed by atoms with Crippen molar-refractivity contribution in [3.8, 4) is 0 Å². The van der Waals surface area contributed by atoms with Gasteiger partial charge in [0.25, 0.3) is 0 Å². The van der Waals surface area contributed by atoms with E-state index in [1.54, 1.807) is 11.8 Å². The molecule has 0 N–H and O–H groups in total. The van der Waals surface area contributed by atoms with Crippen LogP contribution in [0.15, 0.2) is 47.2 Å². The smallest absolute Gasteiger partial charge is 0.0441 e. The lowest BCUT2D eigenvalue weighted by molar-refractivity contribution is 0.855. The van der Waals surface area contributed by atoms with Gasteiger partial charge in [0.15, 0.2) is 0 Å². The van der Waals surface area contributed by atoms with Crippen molar-refractivity contribution in [1.82, 2.24) is 4.57 Å². The van der Waals surface area contributed by atoms with Gasteiger partial charge in [-0.1, -0.05) is 50.9 Å². The van der Waals surface area contributed by atoms with E-state index in [2.05, 4.69) is 62.9 Å². The quantitative estimate of drug-likeness (QED) is 0.624. The lowest BCUT2D eigenvalue weighted by Crippen LogP contribution is -1.95. The summed E-state index contributed by atoms with van der Waals surface area (Å²) in [6.45, 7) is 18.2. The zero-order valence-corrected chi connectivity index (χ0v) is 15.5. The first-order chi connectivity index (χ1) is 10.4. The first kappa shape index (κ1) is 18.4. The van der Waals surface area contributed by atoms with Gasteiger partial charge in [-0.25, -0.2) is 0 Å². The van der Waals surface area contributed by atoms with Crippen LogP contribution in [0.25, 0.3) is 11.6 Å². The Labute approximate surface area is 139 Å². The van der Waals surface area contributed by atoms with Gasteiger partial charge >= 0.3 is 0 Å². The standard InChI is InChI=1S/C18H21NS.C2H6/c1-7-15-10-16(9-8-13(15)4)20-18-11-17(12(2)3)19(6)14(18)5;1-2/h7-11H,1-2H2,3-6H3;1-2H3. The average Bonchev–Trinajstić information content (AvgIpc) is 2.79. The summed E-state index contributed by atoms with van der Waals surface area (Å²) < 4.78 is 2.20. The van der Waals surface area contributed by atoms with Crippen molar-refractivity contribution in [2.24, 2.45) is 7.05 Å². The molecular weight excluding hydrogens is 286 g/mol. The van der Waals surface area contributed by atoms with E-state index in [9.17, 15) is 0 Å². The van der Waals surface area contributed by atoms with E-state index < -0.39 is 0 Å². The van der Waals surface area contributed by atoms with Crippen molar-refractivity contribution in [3.05, 3.63) is 59.9 Å². The van der Waals surface area contributed by atoms with Crippen LogP contribution in [0, 0.1) is 13.8 Å². The number of benzene rings is 1. The number of rotatable bonds is 4. The van der Waals surface area contributed by atoms with Crippen LogP contribution in [0.2, 0.25) is 0 Å². The summed E-state index contributed by atoms with van der Waals surface area (Å²) >= 11 is 1.80. The van der Waals surface area contributed by atoms with Gasteiger partial charge in [0, 0.05) is 28.2 Å². The first-order valence-corrected chi connectivity index (χ1v) is 8.49. The largest absolute Gasteiger partial charge is 0.347 e. The molecule has 0 radical (unpaired) electrons. The van der Waals surface area contributed by atoms with Crippen molar-refractivity contribution in [2.75, 3.05) is 0 Å². The Morgan fingerprint density at radius 2 is 1.82 bits per heavy atom. The number of nitrogens with zero attached hydrogens (tertiary/aromatic N) is 1. The normalized spacial score (nSPS) is 9.91. The summed E-state index contributed by atoms with van der Waals surface area (Å²) in [4.78, 5) is 2.52. The molecule has 2 heteroatoms. The van der Waals surface area contributed by atoms with Gasteiger partial charge in [-0.05, 0) is 55.7 Å². The second kappa shape index (κ2) is 8.09. The summed E-state index contributed by atoms with van der Waals surface area (Å²) in [7, 11) is 2.09. The third kappa shape index (κ3) is 3.95. The average molecular weight is 314 g/mol. The molecule has 1 aromatic heterocycles. The third-order valence-corrected chi connectivity index (χ3v) is 4.75. The van der Waals surface area contributed by atoms with Gasteiger partial charge in [0.05, 0.1) is 0 Å². The van der Waals surface area contributed by atoms with E-state index in [-0.39, 0.29) is 0 Å². The molecule has 1 nitrogen and oxygen atoms in total. The molecule has 0 saturated heterocycles. The Kier molecular flexibility index (Phi) is 6.76. The molecule has 0 aliphatic rings. The fraction of sp³-hybridized carbons (Fsp3) is 0.300. The molecule has 0 amide bonds. The van der Waals surface area contributed by atoms with E-state index in [4.69, 9.17) is 0 Å². The number of hydrogen-bond acceptors (Lipinski definition) is 1. The lowest BCUT2D eigenvalue weighted by Gasteiger charge is -2.06. The molecule has 0 aliphatic heterocycles. The van der Waals surface area contributed by atoms with Crippen LogP contribution in [-0.2, 0) is 7.05 Å². The molecule has 2 aromatic rings. The fourth-order valence-corrected chi connectivity index (χ4v) is 3.24. The molecule has 0 saturated carbocycles. The van der Waals surface area contributed by atoms with Crippen molar-refractivity contribution in [1.29, 1.82) is 0 Å². The number of aryl methyl sites for hydroxylation is 1. The Morgan fingerprint density at radius 3 is 2.32 bits per heavy atom. The molecular formula is C20H27NS. The summed E-state index contributed by atoms with van der Waals surface area (Å²) in [5.41, 5.74) is 6.02. The fourth-order valence-electron chi connectivity index (χ4n) is 2.21. The Morgan fingerprint density at radius 1 is 1.18 bits per heavy atom. The molecule has 22 heavy (non-hydrogen) atoms. The van der Waals surface area contributed by atoms with E-state index >= 15 is 0 Å². The minimum Gasteiger partial charge on any atom is -0.347 e. The molecule has 1 aromatic carbocycles. The maximum absolute atomic E-state index is 4.04. The minimum atomic E-state index is 1.10. The summed E-state index contributed by atoms with van der Waals surface area (Å²) in [6.07, 6.45) is 1.91. The number of allylic oxidation sites excluding steroid dienone is 1. The first-order valence-electron chi connectivity index (χ1n) is 7.67. The van der Waals surface area contributed by atoms with Crippen LogP contribution < -0.4 is 0 Å². The highest BCUT2D eigenvalue weighted by molar-refractivity contribution is 7.99. The number of aromatic nitrogens is 1. The highest BCUT2D eigenvalue weighted by Gasteiger charge is 2.11. The minimum absolute atomic E-state index is 1.10. The highest BCUT2D eigenvalue weighted by Crippen LogP contribution is 2.34. The second-order valence-electron chi connectivity index (χ2n) is 5.14. The van der Waals surface area contributed by atoms with Crippen LogP contribution >= 0.6 is 11.8 Å². The molecule has 1 heterocycles. The molecule has 0 spiro atoms. The molecule has 0 aliphatic carbocycles. The summed E-state index contributed by atoms with van der Waals surface area (Å²) in [6, 6.07) is 8.73. The molecule has 0 bridgehead atoms. The predicted molar refractivity (Wildman–Crippen MR) is 102 cm³/mol. The van der Waals surface area contributed by atoms with Gasteiger partial charge < -0.3 is 4.57 Å². The van der Waals surface area contributed by atoms with E-state index in [0.717, 1.165) is 5.57 Å². The zero-order chi connectivity index (χ0) is 16.9. The molecule has 0 unspecified atom stereocenters. The predicted octanol–water partition coefficient (Wildman–Crippen LogP) is 6.50. The van der Waals surface area contributed by atoms with Crippen LogP contribution in [0.3, 0.4) is 0 Å². The van der Waals surface area contributed by atoms with Crippen LogP contribution in [-0.4, -0.2) is 4.57 Å². The van der Waals surface area contributed by atoms with Crippen molar-refractivity contribution in [2.45, 2.75) is 44.4 Å². The Bertz CT molecular complexity index is 677. The van der Waals surface area contributed by atoms with Gasteiger partial charge in [0.2, 0.25) is 0 Å². The van der Waals surface area contributed by atoms with Crippen LogP contribution in [0.1, 0.15) is 43.3 Å². The highest BCUT2D eigenvalue weighted by atomic mass is 32.2. The monoisotopic (exact) mass is 313 g/mol. The lowest BCUT2D eigenvalue weighted by atomic mass is 10.1. The van der Waals surface area contributed by atoms with Gasteiger partial charge in [-0.15, -0.1) is 0 Å². The maximum Gasteiger partial charge on any atom is 0.0441 e. The number of hydrogen-bond donors (Lipinski definition) is 0. The zero-order valence-electron chi connectivity index (χ0n) is 14.7. The van der Waals surface area contributed by atoms with Crippen molar-refractivity contribution < 1.29 is 0 Å². The topological polar surface area (TPSA) is 4.93 Å². The van der Waals surface area contributed by atoms with Gasteiger partial charge in [-0.3, -0.25) is 0 Å². The maximum atomic E-state index is 4.04. The van der Waals surface area contributed by atoms with E-state index in [1.165, 1.54) is 32.3 Å². The Balaban J connectivity index is 0.00000116. The SMILES string of the molecule is C=Cc1cc(Sc2cc(C(=C)C)n(C)c2C)ccc1C.CC. The molecule has 118 valence electrons. The second-order valence-corrected chi connectivity index (χ2v) is 6.26. The molecule has 2 rings (SSSR count). The molecule has 0 fully saturated rings. The van der Waals surface area contributed by atoms with Crippen LogP contribution in [0.5, 0.6) is 0 Å².